The number of pyridine rings is 1. The monoisotopic (exact) mass is 405 g/mol. The molecule has 0 spiro atoms. The first-order valence-corrected chi connectivity index (χ1v) is 9.88. The Morgan fingerprint density at radius 3 is 2.80 bits per heavy atom. The number of fused-ring (bicyclic) bond motifs is 1. The Balaban J connectivity index is 1.45. The van der Waals surface area contributed by atoms with Gasteiger partial charge in [0.1, 0.15) is 11.5 Å². The molecule has 1 aliphatic carbocycles. The van der Waals surface area contributed by atoms with Crippen LogP contribution in [0.4, 0.5) is 10.1 Å². The SMILES string of the molecule is Cc1nc(C)c(C(=O)Nc2ccc(F)c(-n3cc4cc(C5CCC5)cnc4n3)c2)o1. The first kappa shape index (κ1) is 18.5. The summed E-state index contributed by atoms with van der Waals surface area (Å²) in [6.45, 7) is 3.37. The first-order chi connectivity index (χ1) is 14.5. The third-order valence-corrected chi connectivity index (χ3v) is 5.52. The Bertz CT molecular complexity index is 1270. The number of hydrogen-bond donors (Lipinski definition) is 1. The van der Waals surface area contributed by atoms with Crippen LogP contribution in [0.1, 0.15) is 52.9 Å². The van der Waals surface area contributed by atoms with Gasteiger partial charge in [0.15, 0.2) is 11.5 Å². The van der Waals surface area contributed by atoms with Gasteiger partial charge in [-0.3, -0.25) is 4.79 Å². The summed E-state index contributed by atoms with van der Waals surface area (Å²) in [5.74, 6) is 0.212. The molecular weight excluding hydrogens is 385 g/mol. The van der Waals surface area contributed by atoms with E-state index in [0.717, 1.165) is 5.39 Å². The fourth-order valence-corrected chi connectivity index (χ4v) is 3.72. The Morgan fingerprint density at radius 1 is 1.27 bits per heavy atom. The zero-order valence-corrected chi connectivity index (χ0v) is 16.6. The van der Waals surface area contributed by atoms with E-state index in [1.165, 1.54) is 47.7 Å². The quantitative estimate of drug-likeness (QED) is 0.533. The highest BCUT2D eigenvalue weighted by molar-refractivity contribution is 6.03. The number of hydrogen-bond acceptors (Lipinski definition) is 5. The van der Waals surface area contributed by atoms with Crippen LogP contribution in [0.25, 0.3) is 16.7 Å². The second-order valence-corrected chi connectivity index (χ2v) is 7.65. The normalized spacial score (nSPS) is 14.1. The van der Waals surface area contributed by atoms with E-state index in [1.54, 1.807) is 20.0 Å². The number of nitrogens with one attached hydrogen (secondary N) is 1. The van der Waals surface area contributed by atoms with Gasteiger partial charge in [-0.25, -0.2) is 19.0 Å². The number of rotatable bonds is 4. The van der Waals surface area contributed by atoms with Crippen molar-refractivity contribution in [3.05, 3.63) is 65.4 Å². The van der Waals surface area contributed by atoms with E-state index in [2.05, 4.69) is 26.4 Å². The second kappa shape index (κ2) is 7.05. The lowest BCUT2D eigenvalue weighted by molar-refractivity contribution is 0.0994. The summed E-state index contributed by atoms with van der Waals surface area (Å²) >= 11 is 0. The molecular formula is C22H20FN5O2. The van der Waals surface area contributed by atoms with Crippen molar-refractivity contribution >= 4 is 22.6 Å². The molecule has 0 unspecified atom stereocenters. The lowest BCUT2D eigenvalue weighted by Crippen LogP contribution is -2.13. The molecule has 7 nitrogen and oxygen atoms in total. The topological polar surface area (TPSA) is 85.8 Å². The van der Waals surface area contributed by atoms with E-state index in [9.17, 15) is 9.18 Å². The summed E-state index contributed by atoms with van der Waals surface area (Å²) in [6.07, 6.45) is 7.24. The zero-order valence-electron chi connectivity index (χ0n) is 16.6. The first-order valence-electron chi connectivity index (χ1n) is 9.88. The molecule has 8 heteroatoms. The summed E-state index contributed by atoms with van der Waals surface area (Å²) in [4.78, 5) is 21.0. The lowest BCUT2D eigenvalue weighted by Gasteiger charge is -2.25. The number of anilines is 1. The molecule has 4 aromatic rings. The maximum absolute atomic E-state index is 14.6. The summed E-state index contributed by atoms with van der Waals surface area (Å²) in [6, 6.07) is 6.40. The highest BCUT2D eigenvalue weighted by Gasteiger charge is 2.21. The predicted molar refractivity (Wildman–Crippen MR) is 109 cm³/mol. The van der Waals surface area contributed by atoms with Crippen LogP contribution < -0.4 is 5.32 Å². The zero-order chi connectivity index (χ0) is 20.8. The minimum absolute atomic E-state index is 0.135. The number of benzene rings is 1. The van der Waals surface area contributed by atoms with Crippen LogP contribution in [0.5, 0.6) is 0 Å². The minimum atomic E-state index is -0.452. The third kappa shape index (κ3) is 3.24. The molecule has 1 aliphatic rings. The number of carbonyl (C=O) groups is 1. The molecule has 0 aliphatic heterocycles. The fourth-order valence-electron chi connectivity index (χ4n) is 3.72. The number of oxazole rings is 1. The van der Waals surface area contributed by atoms with Gasteiger partial charge in [-0.1, -0.05) is 6.42 Å². The van der Waals surface area contributed by atoms with Gasteiger partial charge in [0, 0.05) is 30.4 Å². The van der Waals surface area contributed by atoms with Crippen LogP contribution in [0.2, 0.25) is 0 Å². The summed E-state index contributed by atoms with van der Waals surface area (Å²) in [7, 11) is 0. The van der Waals surface area contributed by atoms with Gasteiger partial charge in [-0.2, -0.15) is 0 Å². The van der Waals surface area contributed by atoms with Gasteiger partial charge < -0.3 is 9.73 Å². The van der Waals surface area contributed by atoms with Crippen LogP contribution in [-0.4, -0.2) is 25.7 Å². The summed E-state index contributed by atoms with van der Waals surface area (Å²) < 4.78 is 21.4. The molecule has 3 aromatic heterocycles. The van der Waals surface area contributed by atoms with Crippen molar-refractivity contribution in [2.75, 3.05) is 5.32 Å². The number of halogens is 1. The Morgan fingerprint density at radius 2 is 2.10 bits per heavy atom. The number of nitrogens with zero attached hydrogens (tertiary/aromatic N) is 4. The molecule has 1 N–H and O–H groups in total. The van der Waals surface area contributed by atoms with E-state index < -0.39 is 11.7 Å². The maximum atomic E-state index is 14.6. The van der Waals surface area contributed by atoms with E-state index in [1.807, 2.05) is 6.20 Å². The van der Waals surface area contributed by atoms with Crippen molar-refractivity contribution in [1.82, 2.24) is 19.7 Å². The van der Waals surface area contributed by atoms with Gasteiger partial charge in [0.05, 0.1) is 5.69 Å². The van der Waals surface area contributed by atoms with Crippen molar-refractivity contribution in [2.45, 2.75) is 39.0 Å². The maximum Gasteiger partial charge on any atom is 0.293 e. The van der Waals surface area contributed by atoms with Crippen molar-refractivity contribution < 1.29 is 13.6 Å². The van der Waals surface area contributed by atoms with Crippen molar-refractivity contribution in [1.29, 1.82) is 0 Å². The Kier molecular flexibility index (Phi) is 4.34. The number of amides is 1. The van der Waals surface area contributed by atoms with Crippen LogP contribution in [0.15, 0.2) is 41.1 Å². The molecule has 30 heavy (non-hydrogen) atoms. The van der Waals surface area contributed by atoms with Gasteiger partial charge in [-0.05, 0) is 55.5 Å². The number of carbonyl (C=O) groups excluding carboxylic acids is 1. The van der Waals surface area contributed by atoms with E-state index in [-0.39, 0.29) is 11.4 Å². The molecule has 0 atom stereocenters. The van der Waals surface area contributed by atoms with Crippen molar-refractivity contribution in [2.24, 2.45) is 0 Å². The Hall–Kier alpha value is -3.55. The van der Waals surface area contributed by atoms with Crippen molar-refractivity contribution in [3.8, 4) is 5.69 Å². The van der Waals surface area contributed by atoms with Crippen LogP contribution in [0.3, 0.4) is 0 Å². The molecule has 0 saturated heterocycles. The van der Waals surface area contributed by atoms with Crippen LogP contribution in [-0.2, 0) is 0 Å². The highest BCUT2D eigenvalue weighted by Crippen LogP contribution is 2.36. The smallest absolute Gasteiger partial charge is 0.293 e. The molecule has 0 bridgehead atoms. The molecule has 1 amide bonds. The summed E-state index contributed by atoms with van der Waals surface area (Å²) in [5.41, 5.74) is 2.90. The standard InChI is InChI=1S/C22H20FN5O2/c1-12-20(30-13(2)25-12)22(29)26-17-6-7-18(23)19(9-17)28-11-16-8-15(14-4-3-5-14)10-24-21(16)27-28/h6-11,14H,3-5H2,1-2H3,(H,26,29). The van der Waals surface area contributed by atoms with Gasteiger partial charge >= 0.3 is 0 Å². The molecule has 5 rings (SSSR count). The molecule has 1 saturated carbocycles. The molecule has 3 heterocycles. The molecule has 152 valence electrons. The van der Waals surface area contributed by atoms with E-state index in [4.69, 9.17) is 4.42 Å². The number of aromatic nitrogens is 4. The van der Waals surface area contributed by atoms with Crippen LogP contribution in [0, 0.1) is 19.7 Å². The summed E-state index contributed by atoms with van der Waals surface area (Å²) in [5, 5.41) is 8.00. The largest absolute Gasteiger partial charge is 0.436 e. The minimum Gasteiger partial charge on any atom is -0.436 e. The average molecular weight is 405 g/mol. The number of aryl methyl sites for hydroxylation is 2. The average Bonchev–Trinajstić information content (AvgIpc) is 3.24. The predicted octanol–water partition coefficient (Wildman–Crippen LogP) is 4.68. The highest BCUT2D eigenvalue weighted by atomic mass is 19.1. The van der Waals surface area contributed by atoms with Gasteiger partial charge in [0.2, 0.25) is 5.76 Å². The second-order valence-electron chi connectivity index (χ2n) is 7.65. The van der Waals surface area contributed by atoms with E-state index >= 15 is 0 Å². The van der Waals surface area contributed by atoms with Gasteiger partial charge in [-0.15, -0.1) is 5.10 Å². The van der Waals surface area contributed by atoms with Crippen LogP contribution >= 0.6 is 0 Å². The Labute approximate surface area is 171 Å². The van der Waals surface area contributed by atoms with Gasteiger partial charge in [0.25, 0.3) is 5.91 Å². The molecule has 1 aromatic carbocycles. The molecule has 0 radical (unpaired) electrons. The lowest BCUT2D eigenvalue weighted by atomic mass is 9.80. The van der Waals surface area contributed by atoms with E-state index in [0.29, 0.717) is 28.8 Å². The van der Waals surface area contributed by atoms with Crippen molar-refractivity contribution in [3.63, 3.8) is 0 Å². The third-order valence-electron chi connectivity index (χ3n) is 5.52. The fraction of sp³-hybridized carbons (Fsp3) is 0.273. The molecule has 1 fully saturated rings.